The molecule has 0 spiro atoms. The minimum atomic E-state index is -1.24. The normalized spacial score (nSPS) is 15.4. The molecule has 1 atom stereocenters. The van der Waals surface area contributed by atoms with Gasteiger partial charge in [-0.05, 0) is 56.0 Å². The number of nitrogens with zero attached hydrogens (tertiary/aromatic N) is 2. The summed E-state index contributed by atoms with van der Waals surface area (Å²) < 4.78 is 31.0. The molecule has 0 aliphatic heterocycles. The number of methoxy groups -OCH3 is 2. The second-order valence-corrected chi connectivity index (χ2v) is 8.20. The van der Waals surface area contributed by atoms with Gasteiger partial charge in [-0.3, -0.25) is 0 Å². The number of rotatable bonds is 9. The van der Waals surface area contributed by atoms with Crippen molar-refractivity contribution in [3.8, 4) is 11.5 Å². The van der Waals surface area contributed by atoms with Crippen LogP contribution in [0.3, 0.4) is 0 Å². The number of fused-ring (bicyclic) bond motifs is 1. The van der Waals surface area contributed by atoms with Gasteiger partial charge >= 0.3 is 0 Å². The SMILES string of the molecule is COCCOc1cc2c(N[C@H](C)c3cc(N)cc(C4(F)CC4)c3)nc(C)nc2cc1OC. The molecule has 0 saturated heterocycles. The van der Waals surface area contributed by atoms with Crippen molar-refractivity contribution >= 4 is 22.4 Å². The first kappa shape index (κ1) is 22.1. The van der Waals surface area contributed by atoms with Crippen LogP contribution in [0.2, 0.25) is 0 Å². The van der Waals surface area contributed by atoms with Crippen molar-refractivity contribution in [2.24, 2.45) is 0 Å². The molecular weight excluding hydrogens is 411 g/mol. The van der Waals surface area contributed by atoms with E-state index in [1.54, 1.807) is 20.3 Å². The third-order valence-electron chi connectivity index (χ3n) is 5.68. The average molecular weight is 441 g/mol. The first-order valence-electron chi connectivity index (χ1n) is 10.7. The maximum atomic E-state index is 14.7. The zero-order chi connectivity index (χ0) is 22.9. The standard InChI is InChI=1S/C24H29FN4O3/c1-14(16-9-17(11-18(26)10-16)24(25)5-6-24)27-23-19-12-22(32-8-7-30-3)21(31-4)13-20(19)28-15(2)29-23/h9-14H,5-8,26H2,1-4H3,(H,27,28,29)/t14-/m1/s1. The number of hydrogen-bond donors (Lipinski definition) is 2. The first-order chi connectivity index (χ1) is 15.3. The predicted molar refractivity (Wildman–Crippen MR) is 123 cm³/mol. The van der Waals surface area contributed by atoms with E-state index < -0.39 is 5.67 Å². The molecule has 0 bridgehead atoms. The summed E-state index contributed by atoms with van der Waals surface area (Å²) in [4.78, 5) is 9.17. The number of nitrogens with one attached hydrogen (secondary N) is 1. The molecule has 1 heterocycles. The summed E-state index contributed by atoms with van der Waals surface area (Å²) in [6.07, 6.45) is 1.09. The van der Waals surface area contributed by atoms with Gasteiger partial charge in [0, 0.05) is 24.2 Å². The van der Waals surface area contributed by atoms with Crippen LogP contribution in [0.15, 0.2) is 30.3 Å². The Morgan fingerprint density at radius 3 is 2.56 bits per heavy atom. The Morgan fingerprint density at radius 1 is 1.09 bits per heavy atom. The van der Waals surface area contributed by atoms with Gasteiger partial charge in [0.15, 0.2) is 11.5 Å². The maximum Gasteiger partial charge on any atom is 0.162 e. The zero-order valence-corrected chi connectivity index (χ0v) is 18.9. The topological polar surface area (TPSA) is 91.5 Å². The Labute approximate surface area is 187 Å². The van der Waals surface area contributed by atoms with Crippen LogP contribution in [0.4, 0.5) is 15.9 Å². The number of anilines is 2. The highest BCUT2D eigenvalue weighted by atomic mass is 19.1. The fraction of sp³-hybridized carbons (Fsp3) is 0.417. The number of nitrogen functional groups attached to an aromatic ring is 1. The van der Waals surface area contributed by atoms with Crippen molar-refractivity contribution in [3.63, 3.8) is 0 Å². The molecule has 0 amide bonds. The van der Waals surface area contributed by atoms with Crippen LogP contribution < -0.4 is 20.5 Å². The molecule has 170 valence electrons. The highest BCUT2D eigenvalue weighted by Gasteiger charge is 2.45. The summed E-state index contributed by atoms with van der Waals surface area (Å²) in [6, 6.07) is 9.02. The van der Waals surface area contributed by atoms with Crippen molar-refractivity contribution in [1.82, 2.24) is 9.97 Å². The predicted octanol–water partition coefficient (Wildman–Crippen LogP) is 4.69. The molecule has 32 heavy (non-hydrogen) atoms. The van der Waals surface area contributed by atoms with E-state index in [4.69, 9.17) is 19.9 Å². The van der Waals surface area contributed by atoms with Gasteiger partial charge in [-0.2, -0.15) is 0 Å². The molecule has 1 fully saturated rings. The van der Waals surface area contributed by atoms with E-state index in [1.165, 1.54) is 0 Å². The van der Waals surface area contributed by atoms with Crippen LogP contribution in [0.5, 0.6) is 11.5 Å². The van der Waals surface area contributed by atoms with E-state index in [1.807, 2.05) is 38.1 Å². The molecule has 8 heteroatoms. The number of alkyl halides is 1. The van der Waals surface area contributed by atoms with Crippen molar-refractivity contribution in [1.29, 1.82) is 0 Å². The lowest BCUT2D eigenvalue weighted by Gasteiger charge is -2.20. The van der Waals surface area contributed by atoms with E-state index in [0.717, 1.165) is 16.5 Å². The molecule has 3 aromatic rings. The van der Waals surface area contributed by atoms with Crippen LogP contribution in [0.25, 0.3) is 10.9 Å². The molecule has 1 aromatic heterocycles. The highest BCUT2D eigenvalue weighted by molar-refractivity contribution is 5.92. The van der Waals surface area contributed by atoms with Crippen LogP contribution in [0.1, 0.15) is 42.8 Å². The second kappa shape index (κ2) is 8.78. The van der Waals surface area contributed by atoms with E-state index >= 15 is 0 Å². The maximum absolute atomic E-state index is 14.7. The molecule has 1 saturated carbocycles. The monoisotopic (exact) mass is 440 g/mol. The van der Waals surface area contributed by atoms with Gasteiger partial charge in [-0.15, -0.1) is 0 Å². The van der Waals surface area contributed by atoms with Gasteiger partial charge in [0.25, 0.3) is 0 Å². The lowest BCUT2D eigenvalue weighted by molar-refractivity contribution is 0.144. The number of ether oxygens (including phenoxy) is 3. The molecule has 4 rings (SSSR count). The van der Waals surface area contributed by atoms with Crippen LogP contribution in [0, 0.1) is 6.92 Å². The van der Waals surface area contributed by atoms with Crippen molar-refractivity contribution < 1.29 is 18.6 Å². The lowest BCUT2D eigenvalue weighted by Crippen LogP contribution is -2.12. The lowest BCUT2D eigenvalue weighted by atomic mass is 10.00. The van der Waals surface area contributed by atoms with Crippen molar-refractivity contribution in [3.05, 3.63) is 47.3 Å². The number of aromatic nitrogens is 2. The third-order valence-corrected chi connectivity index (χ3v) is 5.68. The van der Waals surface area contributed by atoms with E-state index in [0.29, 0.717) is 60.4 Å². The van der Waals surface area contributed by atoms with Gasteiger partial charge in [0.2, 0.25) is 0 Å². The molecule has 3 N–H and O–H groups in total. The molecule has 7 nitrogen and oxygen atoms in total. The summed E-state index contributed by atoms with van der Waals surface area (Å²) in [5, 5.41) is 4.25. The Bertz CT molecular complexity index is 1130. The van der Waals surface area contributed by atoms with Crippen LogP contribution in [-0.4, -0.2) is 37.4 Å². The fourth-order valence-electron chi connectivity index (χ4n) is 3.74. The second-order valence-electron chi connectivity index (χ2n) is 8.20. The third kappa shape index (κ3) is 4.55. The number of hydrogen-bond acceptors (Lipinski definition) is 7. The summed E-state index contributed by atoms with van der Waals surface area (Å²) in [6.45, 7) is 4.69. The Hall–Kier alpha value is -3.13. The number of aryl methyl sites for hydroxylation is 1. The quantitative estimate of drug-likeness (QED) is 0.368. The van der Waals surface area contributed by atoms with Crippen molar-refractivity contribution in [2.75, 3.05) is 38.5 Å². The smallest absolute Gasteiger partial charge is 0.162 e. The Morgan fingerprint density at radius 2 is 1.88 bits per heavy atom. The number of benzene rings is 2. The molecule has 0 unspecified atom stereocenters. The minimum absolute atomic E-state index is 0.155. The molecule has 1 aliphatic carbocycles. The van der Waals surface area contributed by atoms with E-state index in [2.05, 4.69) is 15.3 Å². The first-order valence-corrected chi connectivity index (χ1v) is 10.7. The summed E-state index contributed by atoms with van der Waals surface area (Å²) in [5.41, 5.74) is 7.67. The van der Waals surface area contributed by atoms with Gasteiger partial charge in [-0.1, -0.05) is 6.07 Å². The molecule has 2 aromatic carbocycles. The number of nitrogens with two attached hydrogens (primary N) is 1. The van der Waals surface area contributed by atoms with E-state index in [-0.39, 0.29) is 6.04 Å². The van der Waals surface area contributed by atoms with Crippen LogP contribution >= 0.6 is 0 Å². The zero-order valence-electron chi connectivity index (χ0n) is 18.9. The van der Waals surface area contributed by atoms with Gasteiger partial charge in [-0.25, -0.2) is 14.4 Å². The molecular formula is C24H29FN4O3. The summed E-state index contributed by atoms with van der Waals surface area (Å²) in [7, 11) is 3.21. The molecule has 0 radical (unpaired) electrons. The van der Waals surface area contributed by atoms with Gasteiger partial charge in [0.05, 0.1) is 25.3 Å². The fourth-order valence-corrected chi connectivity index (χ4v) is 3.74. The van der Waals surface area contributed by atoms with E-state index in [9.17, 15) is 4.39 Å². The summed E-state index contributed by atoms with van der Waals surface area (Å²) in [5.74, 6) is 2.45. The highest BCUT2D eigenvalue weighted by Crippen LogP contribution is 2.50. The van der Waals surface area contributed by atoms with Gasteiger partial charge < -0.3 is 25.3 Å². The van der Waals surface area contributed by atoms with Crippen LogP contribution in [-0.2, 0) is 10.4 Å². The van der Waals surface area contributed by atoms with Gasteiger partial charge in [0.1, 0.15) is 23.9 Å². The number of halogens is 1. The minimum Gasteiger partial charge on any atom is -0.493 e. The summed E-state index contributed by atoms with van der Waals surface area (Å²) >= 11 is 0. The largest absolute Gasteiger partial charge is 0.493 e. The van der Waals surface area contributed by atoms with Crippen molar-refractivity contribution in [2.45, 2.75) is 38.4 Å². The Balaban J connectivity index is 1.69. The Kier molecular flexibility index (Phi) is 6.06. The molecule has 1 aliphatic rings. The average Bonchev–Trinajstić information content (AvgIpc) is 3.52.